The summed E-state index contributed by atoms with van der Waals surface area (Å²) in [4.78, 5) is 2.34. The average molecular weight is 240 g/mol. The summed E-state index contributed by atoms with van der Waals surface area (Å²) in [6.45, 7) is 2.82. The molecule has 3 rings (SSSR count). The van der Waals surface area contributed by atoms with Crippen LogP contribution in [0.15, 0.2) is 0 Å². The molecule has 2 fully saturated rings. The predicted octanol–water partition coefficient (Wildman–Crippen LogP) is 0.323. The van der Waals surface area contributed by atoms with Crippen LogP contribution in [0.2, 0.25) is 0 Å². The molecule has 16 heavy (non-hydrogen) atoms. The summed E-state index contributed by atoms with van der Waals surface area (Å²) in [6.07, 6.45) is 2.04. The van der Waals surface area contributed by atoms with E-state index < -0.39 is 0 Å². The first kappa shape index (κ1) is 10.4. The summed E-state index contributed by atoms with van der Waals surface area (Å²) in [6, 6.07) is 0. The summed E-state index contributed by atoms with van der Waals surface area (Å²) in [7, 11) is 0. The minimum atomic E-state index is -0.0964. The highest BCUT2D eigenvalue weighted by molar-refractivity contribution is 7.09. The zero-order chi connectivity index (χ0) is 11.1. The van der Waals surface area contributed by atoms with Crippen LogP contribution >= 0.6 is 11.5 Å². The lowest BCUT2D eigenvalue weighted by Crippen LogP contribution is -2.24. The first-order valence-electron chi connectivity index (χ1n) is 5.71. The van der Waals surface area contributed by atoms with Gasteiger partial charge >= 0.3 is 0 Å². The number of aromatic nitrogens is 2. The number of aliphatic hydroxyl groups is 1. The van der Waals surface area contributed by atoms with Gasteiger partial charge < -0.3 is 10.8 Å². The van der Waals surface area contributed by atoms with E-state index in [4.69, 9.17) is 5.73 Å². The number of aliphatic hydroxyl groups excluding tert-OH is 1. The van der Waals surface area contributed by atoms with Crippen molar-refractivity contribution in [3.63, 3.8) is 0 Å². The van der Waals surface area contributed by atoms with Crippen LogP contribution in [-0.2, 0) is 6.54 Å². The SMILES string of the molecule is Nc1snnc1CN1CC2CCC(O)C2C1. The summed E-state index contributed by atoms with van der Waals surface area (Å²) in [5.74, 6) is 1.13. The van der Waals surface area contributed by atoms with Crippen molar-refractivity contribution >= 4 is 16.5 Å². The highest BCUT2D eigenvalue weighted by Crippen LogP contribution is 2.38. The van der Waals surface area contributed by atoms with Gasteiger partial charge in [0.25, 0.3) is 0 Å². The zero-order valence-corrected chi connectivity index (χ0v) is 9.86. The minimum absolute atomic E-state index is 0.0964. The van der Waals surface area contributed by atoms with Crippen LogP contribution in [0.4, 0.5) is 5.00 Å². The normalized spacial score (nSPS) is 34.4. The molecule has 6 heteroatoms. The Morgan fingerprint density at radius 3 is 3.00 bits per heavy atom. The Bertz CT molecular complexity index is 383. The Labute approximate surface area is 98.4 Å². The van der Waals surface area contributed by atoms with Crippen LogP contribution in [-0.4, -0.2) is 38.8 Å². The Morgan fingerprint density at radius 1 is 1.44 bits per heavy atom. The van der Waals surface area contributed by atoms with Gasteiger partial charge in [0.1, 0.15) is 10.7 Å². The fourth-order valence-corrected chi connectivity index (χ4v) is 3.43. The van der Waals surface area contributed by atoms with Crippen LogP contribution < -0.4 is 5.73 Å². The molecule has 3 N–H and O–H groups in total. The third-order valence-electron chi connectivity index (χ3n) is 3.85. The fraction of sp³-hybridized carbons (Fsp3) is 0.800. The van der Waals surface area contributed by atoms with Gasteiger partial charge in [0, 0.05) is 37.1 Å². The summed E-state index contributed by atoms with van der Waals surface area (Å²) < 4.78 is 3.84. The van der Waals surface area contributed by atoms with Gasteiger partial charge in [-0.1, -0.05) is 4.49 Å². The monoisotopic (exact) mass is 240 g/mol. The van der Waals surface area contributed by atoms with Gasteiger partial charge in [-0.15, -0.1) is 5.10 Å². The molecule has 1 aromatic heterocycles. The molecule has 1 aliphatic carbocycles. The van der Waals surface area contributed by atoms with Crippen LogP contribution in [0.25, 0.3) is 0 Å². The molecule has 2 heterocycles. The molecule has 88 valence electrons. The van der Waals surface area contributed by atoms with E-state index in [2.05, 4.69) is 14.5 Å². The molecular formula is C10H16N4OS. The van der Waals surface area contributed by atoms with Crippen LogP contribution in [0.5, 0.6) is 0 Å². The molecule has 0 amide bonds. The molecule has 1 saturated carbocycles. The topological polar surface area (TPSA) is 75.3 Å². The number of hydrogen-bond acceptors (Lipinski definition) is 6. The second kappa shape index (κ2) is 3.94. The molecule has 0 aromatic carbocycles. The summed E-state index contributed by atoms with van der Waals surface area (Å²) in [5, 5.41) is 14.6. The van der Waals surface area contributed by atoms with Crippen molar-refractivity contribution in [3.8, 4) is 0 Å². The van der Waals surface area contributed by atoms with Gasteiger partial charge in [0.2, 0.25) is 0 Å². The average Bonchev–Trinajstić information content (AvgIpc) is 2.90. The summed E-state index contributed by atoms with van der Waals surface area (Å²) >= 11 is 1.25. The smallest absolute Gasteiger partial charge is 0.132 e. The third-order valence-corrected chi connectivity index (χ3v) is 4.45. The first-order chi connectivity index (χ1) is 7.74. The summed E-state index contributed by atoms with van der Waals surface area (Å²) in [5.41, 5.74) is 6.67. The number of fused-ring (bicyclic) bond motifs is 1. The van der Waals surface area contributed by atoms with Crippen LogP contribution in [0.3, 0.4) is 0 Å². The lowest BCUT2D eigenvalue weighted by Gasteiger charge is -2.16. The van der Waals surface area contributed by atoms with Crippen molar-refractivity contribution in [2.75, 3.05) is 18.8 Å². The highest BCUT2D eigenvalue weighted by Gasteiger charge is 2.41. The minimum Gasteiger partial charge on any atom is -0.393 e. The van der Waals surface area contributed by atoms with E-state index in [1.54, 1.807) is 0 Å². The van der Waals surface area contributed by atoms with Crippen LogP contribution in [0, 0.1) is 11.8 Å². The van der Waals surface area contributed by atoms with Gasteiger partial charge in [0.05, 0.1) is 6.10 Å². The molecule has 0 bridgehead atoms. The number of nitrogen functional groups attached to an aromatic ring is 1. The van der Waals surface area contributed by atoms with Gasteiger partial charge in [0.15, 0.2) is 0 Å². The maximum Gasteiger partial charge on any atom is 0.132 e. The standard InChI is InChI=1S/C10H16N4OS/c11-10-8(12-13-16-10)5-14-3-6-1-2-9(15)7(6)4-14/h6-7,9,15H,1-5,11H2. The molecule has 1 saturated heterocycles. The molecule has 1 aliphatic heterocycles. The Hall–Kier alpha value is -0.720. The zero-order valence-electron chi connectivity index (χ0n) is 9.04. The largest absolute Gasteiger partial charge is 0.393 e. The Morgan fingerprint density at radius 2 is 2.31 bits per heavy atom. The van der Waals surface area contributed by atoms with Gasteiger partial charge in [-0.25, -0.2) is 0 Å². The number of hydrogen-bond donors (Lipinski definition) is 2. The van der Waals surface area contributed by atoms with Crippen molar-refractivity contribution in [3.05, 3.63) is 5.69 Å². The van der Waals surface area contributed by atoms with Gasteiger partial charge in [-0.3, -0.25) is 4.90 Å². The maximum absolute atomic E-state index is 9.82. The number of anilines is 1. The lowest BCUT2D eigenvalue weighted by atomic mass is 10.00. The Kier molecular flexibility index (Phi) is 2.57. The number of rotatable bonds is 2. The third kappa shape index (κ3) is 1.70. The fourth-order valence-electron chi connectivity index (χ4n) is 2.99. The van der Waals surface area contributed by atoms with Crippen LogP contribution in [0.1, 0.15) is 18.5 Å². The van der Waals surface area contributed by atoms with Crippen molar-refractivity contribution in [2.24, 2.45) is 11.8 Å². The van der Waals surface area contributed by atoms with E-state index in [0.717, 1.165) is 43.2 Å². The molecular weight excluding hydrogens is 224 g/mol. The van der Waals surface area contributed by atoms with E-state index in [0.29, 0.717) is 11.8 Å². The first-order valence-corrected chi connectivity index (χ1v) is 6.48. The predicted molar refractivity (Wildman–Crippen MR) is 61.8 cm³/mol. The van der Waals surface area contributed by atoms with E-state index in [9.17, 15) is 5.11 Å². The molecule has 1 aromatic rings. The number of nitrogens with zero attached hydrogens (tertiary/aromatic N) is 3. The number of likely N-dealkylation sites (tertiary alicyclic amines) is 1. The van der Waals surface area contributed by atoms with Crippen molar-refractivity contribution in [1.29, 1.82) is 0 Å². The van der Waals surface area contributed by atoms with E-state index in [1.165, 1.54) is 11.5 Å². The van der Waals surface area contributed by atoms with Crippen molar-refractivity contribution in [1.82, 2.24) is 14.5 Å². The highest BCUT2D eigenvalue weighted by atomic mass is 32.1. The lowest BCUT2D eigenvalue weighted by molar-refractivity contribution is 0.123. The quantitative estimate of drug-likeness (QED) is 0.779. The van der Waals surface area contributed by atoms with E-state index >= 15 is 0 Å². The second-order valence-electron chi connectivity index (χ2n) is 4.85. The van der Waals surface area contributed by atoms with Crippen molar-refractivity contribution < 1.29 is 5.11 Å². The molecule has 3 atom stereocenters. The van der Waals surface area contributed by atoms with Crippen molar-refractivity contribution in [2.45, 2.75) is 25.5 Å². The Balaban J connectivity index is 1.65. The van der Waals surface area contributed by atoms with E-state index in [1.807, 2.05) is 0 Å². The van der Waals surface area contributed by atoms with Gasteiger partial charge in [-0.05, 0) is 18.8 Å². The maximum atomic E-state index is 9.82. The molecule has 0 spiro atoms. The second-order valence-corrected chi connectivity index (χ2v) is 5.63. The van der Waals surface area contributed by atoms with Gasteiger partial charge in [-0.2, -0.15) is 0 Å². The van der Waals surface area contributed by atoms with E-state index in [-0.39, 0.29) is 6.10 Å². The molecule has 5 nitrogen and oxygen atoms in total. The number of nitrogens with two attached hydrogens (primary N) is 1. The molecule has 3 unspecified atom stereocenters. The molecule has 0 radical (unpaired) electrons. The molecule has 2 aliphatic rings.